The maximum absolute atomic E-state index is 12.2. The molecule has 0 aromatic carbocycles. The van der Waals surface area contributed by atoms with Gasteiger partial charge < -0.3 is 10.4 Å². The van der Waals surface area contributed by atoms with Gasteiger partial charge in [-0.25, -0.2) is 4.79 Å². The summed E-state index contributed by atoms with van der Waals surface area (Å²) in [6.07, 6.45) is -2.88. The van der Waals surface area contributed by atoms with Crippen molar-refractivity contribution in [1.29, 1.82) is 0 Å². The Morgan fingerprint density at radius 2 is 1.70 bits per heavy atom. The molecule has 0 fully saturated rings. The van der Waals surface area contributed by atoms with E-state index in [4.69, 9.17) is 5.11 Å². The van der Waals surface area contributed by atoms with E-state index in [1.54, 1.807) is 5.32 Å². The van der Waals surface area contributed by atoms with E-state index in [0.717, 1.165) is 0 Å². The molecule has 1 amide bonds. The van der Waals surface area contributed by atoms with Crippen LogP contribution in [0.1, 0.15) is 34.5 Å². The predicted octanol–water partition coefficient (Wildman–Crippen LogP) is 1.55. The molecule has 1 heterocycles. The number of hydrogen-bond acceptors (Lipinski definition) is 4. The number of nitrogens with zero attached hydrogens (tertiary/aromatic N) is 2. The second-order valence-electron chi connectivity index (χ2n) is 4.32. The molecule has 108 valence electrons. The minimum Gasteiger partial charge on any atom is -0.476 e. The maximum atomic E-state index is 12.2. The first-order valence-electron chi connectivity index (χ1n) is 5.80. The van der Waals surface area contributed by atoms with Gasteiger partial charge in [0, 0.05) is 5.56 Å². The lowest BCUT2D eigenvalue weighted by Crippen LogP contribution is -2.31. The monoisotopic (exact) mass is 289 g/mol. The van der Waals surface area contributed by atoms with Crippen LogP contribution in [-0.4, -0.2) is 33.4 Å². The summed E-state index contributed by atoms with van der Waals surface area (Å²) in [7, 11) is 0. The average Bonchev–Trinajstić information content (AvgIpc) is 2.37. The number of anilines is 1. The zero-order valence-corrected chi connectivity index (χ0v) is 10.1. The molecule has 1 aromatic heterocycles. The molecule has 0 saturated carbocycles. The molecule has 2 rings (SSSR count). The Kier molecular flexibility index (Phi) is 3.60. The first-order chi connectivity index (χ1) is 9.30. The fourth-order valence-corrected chi connectivity index (χ4v) is 2.10. The Morgan fingerprint density at radius 3 is 2.25 bits per heavy atom. The van der Waals surface area contributed by atoms with Gasteiger partial charge in [0.15, 0.2) is 11.5 Å². The summed E-state index contributed by atoms with van der Waals surface area (Å²) in [4.78, 5) is 21.9. The number of carboxylic acids is 1. The number of fused-ring (bicyclic) bond motifs is 1. The molecule has 0 radical (unpaired) electrons. The summed E-state index contributed by atoms with van der Waals surface area (Å²) in [5.41, 5.74) is 0.391. The van der Waals surface area contributed by atoms with Crippen LogP contribution in [0.5, 0.6) is 0 Å². The van der Waals surface area contributed by atoms with E-state index in [0.29, 0.717) is 36.8 Å². The largest absolute Gasteiger partial charge is 0.476 e. The number of halogens is 3. The number of carbonyl (C=O) groups is 2. The summed E-state index contributed by atoms with van der Waals surface area (Å²) >= 11 is 0. The third-order valence-corrected chi connectivity index (χ3v) is 2.98. The molecule has 0 atom stereocenters. The van der Waals surface area contributed by atoms with Crippen LogP contribution in [0, 0.1) is 0 Å². The van der Waals surface area contributed by atoms with E-state index < -0.39 is 18.1 Å². The van der Waals surface area contributed by atoms with Crippen molar-refractivity contribution in [2.75, 3.05) is 5.32 Å². The van der Waals surface area contributed by atoms with Crippen LogP contribution in [0.25, 0.3) is 0 Å². The molecule has 1 aromatic rings. The van der Waals surface area contributed by atoms with Crippen molar-refractivity contribution in [2.24, 2.45) is 0 Å². The number of aromatic nitrogens is 2. The van der Waals surface area contributed by atoms with Crippen molar-refractivity contribution in [2.45, 2.75) is 31.9 Å². The highest BCUT2D eigenvalue weighted by atomic mass is 19.4. The first kappa shape index (κ1) is 14.2. The third kappa shape index (κ3) is 2.70. The summed E-state index contributed by atoms with van der Waals surface area (Å²) in [5, 5.41) is 17.4. The van der Waals surface area contributed by atoms with Gasteiger partial charge >= 0.3 is 18.1 Å². The summed E-state index contributed by atoms with van der Waals surface area (Å²) in [6, 6.07) is 0. The normalized spacial score (nSPS) is 14.6. The zero-order valence-electron chi connectivity index (χ0n) is 10.1. The van der Waals surface area contributed by atoms with Gasteiger partial charge in [-0.15, -0.1) is 10.2 Å². The molecular weight excluding hydrogens is 279 g/mol. The van der Waals surface area contributed by atoms with Crippen LogP contribution in [0.4, 0.5) is 19.0 Å². The van der Waals surface area contributed by atoms with Crippen LogP contribution >= 0.6 is 0 Å². The van der Waals surface area contributed by atoms with E-state index >= 15 is 0 Å². The molecule has 0 bridgehead atoms. The molecular formula is C11H10F3N3O3. The fourth-order valence-electron chi connectivity index (χ4n) is 2.10. The van der Waals surface area contributed by atoms with Crippen LogP contribution in [-0.2, 0) is 17.6 Å². The summed E-state index contributed by atoms with van der Waals surface area (Å²) in [5.74, 6) is -3.75. The van der Waals surface area contributed by atoms with E-state index in [9.17, 15) is 22.8 Å². The maximum Gasteiger partial charge on any atom is 0.471 e. The third-order valence-electron chi connectivity index (χ3n) is 2.98. The number of carboxylic acid groups (broad SMARTS) is 1. The van der Waals surface area contributed by atoms with E-state index in [-0.39, 0.29) is 11.5 Å². The van der Waals surface area contributed by atoms with Crippen molar-refractivity contribution in [1.82, 2.24) is 10.2 Å². The van der Waals surface area contributed by atoms with Gasteiger partial charge in [-0.2, -0.15) is 13.2 Å². The van der Waals surface area contributed by atoms with Gasteiger partial charge in [-0.1, -0.05) is 0 Å². The Bertz CT molecular complexity index is 572. The van der Waals surface area contributed by atoms with E-state index in [1.807, 2.05) is 0 Å². The number of carbonyl (C=O) groups excluding carboxylic acids is 1. The molecule has 0 aliphatic heterocycles. The highest BCUT2D eigenvalue weighted by molar-refractivity contribution is 5.95. The minimum atomic E-state index is -5.03. The number of amides is 1. The van der Waals surface area contributed by atoms with Crippen molar-refractivity contribution < 1.29 is 27.9 Å². The van der Waals surface area contributed by atoms with Crippen molar-refractivity contribution in [3.05, 3.63) is 16.8 Å². The molecule has 20 heavy (non-hydrogen) atoms. The lowest BCUT2D eigenvalue weighted by molar-refractivity contribution is -0.167. The molecule has 1 aliphatic carbocycles. The number of hydrogen-bond donors (Lipinski definition) is 2. The van der Waals surface area contributed by atoms with Crippen LogP contribution in [0.2, 0.25) is 0 Å². The smallest absolute Gasteiger partial charge is 0.471 e. The highest BCUT2D eigenvalue weighted by Crippen LogP contribution is 2.29. The van der Waals surface area contributed by atoms with Crippen molar-refractivity contribution >= 4 is 17.7 Å². The number of rotatable bonds is 2. The SMILES string of the molecule is O=C(O)c1nnc(NC(=O)C(F)(F)F)c2c1CCCC2. The highest BCUT2D eigenvalue weighted by Gasteiger charge is 2.39. The average molecular weight is 289 g/mol. The molecule has 1 aliphatic rings. The van der Waals surface area contributed by atoms with Crippen LogP contribution in [0.15, 0.2) is 0 Å². The molecule has 2 N–H and O–H groups in total. The number of nitrogens with one attached hydrogen (secondary N) is 1. The molecule has 6 nitrogen and oxygen atoms in total. The first-order valence-corrected chi connectivity index (χ1v) is 5.80. The van der Waals surface area contributed by atoms with Gasteiger partial charge in [0.25, 0.3) is 0 Å². The van der Waals surface area contributed by atoms with E-state index in [1.165, 1.54) is 0 Å². The lowest BCUT2D eigenvalue weighted by atomic mass is 9.91. The van der Waals surface area contributed by atoms with Gasteiger partial charge in [0.1, 0.15) is 0 Å². The van der Waals surface area contributed by atoms with Crippen molar-refractivity contribution in [3.63, 3.8) is 0 Å². The predicted molar refractivity (Wildman–Crippen MR) is 60.3 cm³/mol. The van der Waals surface area contributed by atoms with Crippen LogP contribution in [0.3, 0.4) is 0 Å². The van der Waals surface area contributed by atoms with Crippen molar-refractivity contribution in [3.8, 4) is 0 Å². The summed E-state index contributed by atoms with van der Waals surface area (Å²) in [6.45, 7) is 0. The Balaban J connectivity index is 2.41. The van der Waals surface area contributed by atoms with E-state index in [2.05, 4.69) is 10.2 Å². The topological polar surface area (TPSA) is 92.2 Å². The van der Waals surface area contributed by atoms with Gasteiger partial charge in [-0.05, 0) is 31.2 Å². The second kappa shape index (κ2) is 5.06. The number of alkyl halides is 3. The Hall–Kier alpha value is -2.19. The standard InChI is InChI=1S/C11H10F3N3O3/c12-11(13,14)10(20)15-8-6-4-2-1-3-5(6)7(9(18)19)16-17-8/h1-4H2,(H,18,19)(H,15,17,20). The summed E-state index contributed by atoms with van der Waals surface area (Å²) < 4.78 is 36.7. The van der Waals surface area contributed by atoms with Gasteiger partial charge in [-0.3, -0.25) is 4.79 Å². The molecule has 0 saturated heterocycles. The fraction of sp³-hybridized carbons (Fsp3) is 0.455. The number of aromatic carboxylic acids is 1. The molecule has 0 spiro atoms. The zero-order chi connectivity index (χ0) is 14.9. The second-order valence-corrected chi connectivity index (χ2v) is 4.32. The Morgan fingerprint density at radius 1 is 1.10 bits per heavy atom. The van der Waals surface area contributed by atoms with Gasteiger partial charge in [0.05, 0.1) is 0 Å². The van der Waals surface area contributed by atoms with Crippen LogP contribution < -0.4 is 5.32 Å². The molecule has 9 heteroatoms. The quantitative estimate of drug-likeness (QED) is 0.861. The van der Waals surface area contributed by atoms with Gasteiger partial charge in [0.2, 0.25) is 0 Å². The lowest BCUT2D eigenvalue weighted by Gasteiger charge is -2.19. The molecule has 0 unspecified atom stereocenters. The minimum absolute atomic E-state index is 0.273. The Labute approximate surface area is 111 Å².